The van der Waals surface area contributed by atoms with Crippen LogP contribution in [0.5, 0.6) is 0 Å². The summed E-state index contributed by atoms with van der Waals surface area (Å²) < 4.78 is 0. The van der Waals surface area contributed by atoms with Crippen molar-refractivity contribution in [2.75, 3.05) is 6.61 Å². The lowest BCUT2D eigenvalue weighted by molar-refractivity contribution is 0.107. The summed E-state index contributed by atoms with van der Waals surface area (Å²) in [6, 6.07) is 0. The molecule has 1 aliphatic carbocycles. The van der Waals surface area contributed by atoms with Gasteiger partial charge in [-0.15, -0.1) is 0 Å². The Hall–Kier alpha value is -0.0400. The third kappa shape index (κ3) is 4.08. The number of aliphatic hydroxyl groups excluding tert-OH is 1. The van der Waals surface area contributed by atoms with Crippen LogP contribution in [0.3, 0.4) is 0 Å². The maximum absolute atomic E-state index is 8.79. The Morgan fingerprint density at radius 2 is 1.88 bits per heavy atom. The second kappa shape index (κ2) is 7.32. The van der Waals surface area contributed by atoms with Crippen molar-refractivity contribution in [3.63, 3.8) is 0 Å². The van der Waals surface area contributed by atoms with E-state index >= 15 is 0 Å². The molecule has 1 aliphatic rings. The largest absolute Gasteiger partial charge is 0.396 e. The van der Waals surface area contributed by atoms with Gasteiger partial charge < -0.3 is 5.11 Å². The van der Waals surface area contributed by atoms with E-state index in [2.05, 4.69) is 20.8 Å². The number of hydrogen-bond donors (Lipinski definition) is 1. The van der Waals surface area contributed by atoms with Gasteiger partial charge in [0.15, 0.2) is 0 Å². The van der Waals surface area contributed by atoms with E-state index in [4.69, 9.17) is 5.11 Å². The quantitative estimate of drug-likeness (QED) is 0.671. The first kappa shape index (κ1) is 14.0. The summed E-state index contributed by atoms with van der Waals surface area (Å²) in [6.45, 7) is 7.61. The first-order valence-electron chi connectivity index (χ1n) is 7.27. The molecule has 0 aliphatic heterocycles. The molecule has 0 spiro atoms. The maximum atomic E-state index is 8.79. The van der Waals surface area contributed by atoms with Crippen molar-refractivity contribution in [1.29, 1.82) is 0 Å². The molecule has 0 amide bonds. The lowest BCUT2D eigenvalue weighted by Crippen LogP contribution is -2.30. The molecule has 0 bridgehead atoms. The van der Waals surface area contributed by atoms with Crippen LogP contribution in [-0.4, -0.2) is 11.7 Å². The minimum Gasteiger partial charge on any atom is -0.396 e. The van der Waals surface area contributed by atoms with Crippen LogP contribution in [0.1, 0.15) is 65.7 Å². The zero-order chi connectivity index (χ0) is 12.0. The van der Waals surface area contributed by atoms with Crippen molar-refractivity contribution in [2.45, 2.75) is 65.7 Å². The van der Waals surface area contributed by atoms with Crippen LogP contribution in [0.15, 0.2) is 0 Å². The first-order valence-corrected chi connectivity index (χ1v) is 7.27. The fourth-order valence-electron chi connectivity index (χ4n) is 3.78. The lowest BCUT2D eigenvalue weighted by atomic mass is 9.66. The van der Waals surface area contributed by atoms with E-state index in [1.807, 2.05) is 0 Å². The Bertz CT molecular complexity index is 176. The molecule has 0 heterocycles. The van der Waals surface area contributed by atoms with E-state index < -0.39 is 0 Å². The van der Waals surface area contributed by atoms with Gasteiger partial charge in [0.2, 0.25) is 0 Å². The van der Waals surface area contributed by atoms with Gasteiger partial charge in [-0.05, 0) is 30.1 Å². The molecule has 3 unspecified atom stereocenters. The molecule has 1 rings (SSSR count). The predicted molar refractivity (Wildman–Crippen MR) is 70.4 cm³/mol. The van der Waals surface area contributed by atoms with Crippen LogP contribution in [-0.2, 0) is 0 Å². The standard InChI is InChI=1S/C15H30O/c1-12(2)15-13(3)8-7-10-14(15)9-5-4-6-11-16/h12-16H,4-11H2,1-3H3. The van der Waals surface area contributed by atoms with Crippen LogP contribution >= 0.6 is 0 Å². The van der Waals surface area contributed by atoms with Gasteiger partial charge in [-0.2, -0.15) is 0 Å². The van der Waals surface area contributed by atoms with Crippen molar-refractivity contribution in [2.24, 2.45) is 23.7 Å². The fourth-order valence-corrected chi connectivity index (χ4v) is 3.78. The highest BCUT2D eigenvalue weighted by Crippen LogP contribution is 2.41. The van der Waals surface area contributed by atoms with Gasteiger partial charge in [0.25, 0.3) is 0 Å². The van der Waals surface area contributed by atoms with Crippen LogP contribution in [0.25, 0.3) is 0 Å². The maximum Gasteiger partial charge on any atom is 0.0431 e. The average molecular weight is 226 g/mol. The molecule has 16 heavy (non-hydrogen) atoms. The van der Waals surface area contributed by atoms with Gasteiger partial charge >= 0.3 is 0 Å². The second-order valence-electron chi connectivity index (χ2n) is 6.06. The topological polar surface area (TPSA) is 20.2 Å². The fraction of sp³-hybridized carbons (Fsp3) is 1.00. The van der Waals surface area contributed by atoms with E-state index in [1.165, 1.54) is 38.5 Å². The molecular formula is C15H30O. The Kier molecular flexibility index (Phi) is 6.41. The number of hydrogen-bond acceptors (Lipinski definition) is 1. The van der Waals surface area contributed by atoms with E-state index in [0.29, 0.717) is 6.61 Å². The van der Waals surface area contributed by atoms with Crippen molar-refractivity contribution >= 4 is 0 Å². The summed E-state index contributed by atoms with van der Waals surface area (Å²) >= 11 is 0. The SMILES string of the molecule is CC(C)C1C(C)CCCC1CCCCCO. The molecule has 96 valence electrons. The summed E-state index contributed by atoms with van der Waals surface area (Å²) in [6.07, 6.45) is 9.26. The Morgan fingerprint density at radius 3 is 2.50 bits per heavy atom. The molecule has 1 heteroatoms. The van der Waals surface area contributed by atoms with Crippen molar-refractivity contribution in [3.05, 3.63) is 0 Å². The summed E-state index contributed by atoms with van der Waals surface area (Å²) in [5.41, 5.74) is 0. The minimum atomic E-state index is 0.370. The molecule has 0 saturated heterocycles. The number of aliphatic hydroxyl groups is 1. The highest BCUT2D eigenvalue weighted by atomic mass is 16.2. The normalized spacial score (nSPS) is 30.9. The van der Waals surface area contributed by atoms with Crippen LogP contribution in [0, 0.1) is 23.7 Å². The number of rotatable bonds is 6. The highest BCUT2D eigenvalue weighted by molar-refractivity contribution is 4.82. The molecule has 0 aromatic rings. The van der Waals surface area contributed by atoms with Crippen molar-refractivity contribution in [3.8, 4) is 0 Å². The minimum absolute atomic E-state index is 0.370. The molecule has 1 fully saturated rings. The lowest BCUT2D eigenvalue weighted by Gasteiger charge is -2.39. The van der Waals surface area contributed by atoms with Crippen LogP contribution < -0.4 is 0 Å². The monoisotopic (exact) mass is 226 g/mol. The van der Waals surface area contributed by atoms with Gasteiger partial charge in [0.05, 0.1) is 0 Å². The summed E-state index contributed by atoms with van der Waals surface area (Å²) in [7, 11) is 0. The summed E-state index contributed by atoms with van der Waals surface area (Å²) in [4.78, 5) is 0. The molecule has 1 N–H and O–H groups in total. The molecule has 1 saturated carbocycles. The Labute approximate surface area is 102 Å². The summed E-state index contributed by atoms with van der Waals surface area (Å²) in [5.74, 6) is 3.68. The van der Waals surface area contributed by atoms with Gasteiger partial charge in [0, 0.05) is 6.61 Å². The molecule has 0 aromatic heterocycles. The van der Waals surface area contributed by atoms with Crippen molar-refractivity contribution in [1.82, 2.24) is 0 Å². The highest BCUT2D eigenvalue weighted by Gasteiger charge is 2.31. The Balaban J connectivity index is 2.36. The van der Waals surface area contributed by atoms with Crippen LogP contribution in [0.2, 0.25) is 0 Å². The van der Waals surface area contributed by atoms with Gasteiger partial charge in [-0.3, -0.25) is 0 Å². The zero-order valence-corrected chi connectivity index (χ0v) is 11.4. The number of unbranched alkanes of at least 4 members (excludes halogenated alkanes) is 2. The predicted octanol–water partition coefficient (Wildman–Crippen LogP) is 4.25. The van der Waals surface area contributed by atoms with E-state index in [-0.39, 0.29) is 0 Å². The van der Waals surface area contributed by atoms with E-state index in [0.717, 1.165) is 30.1 Å². The second-order valence-corrected chi connectivity index (χ2v) is 6.06. The van der Waals surface area contributed by atoms with Gasteiger partial charge in [0.1, 0.15) is 0 Å². The Morgan fingerprint density at radius 1 is 1.12 bits per heavy atom. The first-order chi connectivity index (χ1) is 7.66. The zero-order valence-electron chi connectivity index (χ0n) is 11.4. The molecule has 3 atom stereocenters. The van der Waals surface area contributed by atoms with E-state index in [9.17, 15) is 0 Å². The van der Waals surface area contributed by atoms with Gasteiger partial charge in [-0.25, -0.2) is 0 Å². The third-order valence-corrected chi connectivity index (χ3v) is 4.44. The molecule has 0 aromatic carbocycles. The van der Waals surface area contributed by atoms with Gasteiger partial charge in [-0.1, -0.05) is 59.3 Å². The van der Waals surface area contributed by atoms with Crippen LogP contribution in [0.4, 0.5) is 0 Å². The summed E-state index contributed by atoms with van der Waals surface area (Å²) in [5, 5.41) is 8.79. The van der Waals surface area contributed by atoms with Crippen molar-refractivity contribution < 1.29 is 5.11 Å². The van der Waals surface area contributed by atoms with E-state index in [1.54, 1.807) is 0 Å². The molecule has 1 nitrogen and oxygen atoms in total. The third-order valence-electron chi connectivity index (χ3n) is 4.44. The molecular weight excluding hydrogens is 196 g/mol. The average Bonchev–Trinajstić information content (AvgIpc) is 2.24. The smallest absolute Gasteiger partial charge is 0.0431 e. The molecule has 0 radical (unpaired) electrons.